The van der Waals surface area contributed by atoms with E-state index in [1.54, 1.807) is 51.1 Å². The van der Waals surface area contributed by atoms with Gasteiger partial charge < -0.3 is 35.6 Å². The maximum atomic E-state index is 13.6. The van der Waals surface area contributed by atoms with Gasteiger partial charge in [0.25, 0.3) is 5.91 Å². The minimum atomic E-state index is -1.21. The van der Waals surface area contributed by atoms with Gasteiger partial charge in [0.1, 0.15) is 17.7 Å². The van der Waals surface area contributed by atoms with Crippen LogP contribution in [0.25, 0.3) is 0 Å². The molecule has 14 heteroatoms. The number of amides is 5. The molecule has 1 fully saturated rings. The lowest BCUT2D eigenvalue weighted by atomic mass is 10.0. The average Bonchev–Trinajstić information content (AvgIpc) is 3.56. The number of hydrogen-bond donors (Lipinski definition) is 4. The van der Waals surface area contributed by atoms with Crippen molar-refractivity contribution in [2.24, 2.45) is 5.92 Å². The third-order valence-electron chi connectivity index (χ3n) is 7.98. The summed E-state index contributed by atoms with van der Waals surface area (Å²) in [6.07, 6.45) is 5.88. The van der Waals surface area contributed by atoms with Crippen LogP contribution in [0.3, 0.4) is 0 Å². The second-order valence-corrected chi connectivity index (χ2v) is 13.9. The first kappa shape index (κ1) is 39.7. The van der Waals surface area contributed by atoms with E-state index in [1.165, 1.54) is 4.90 Å². The van der Waals surface area contributed by atoms with Gasteiger partial charge in [-0.2, -0.15) is 0 Å². The van der Waals surface area contributed by atoms with Crippen LogP contribution in [0, 0.1) is 5.92 Å². The summed E-state index contributed by atoms with van der Waals surface area (Å²) < 4.78 is 10.7. The van der Waals surface area contributed by atoms with Crippen molar-refractivity contribution in [3.63, 3.8) is 0 Å². The van der Waals surface area contributed by atoms with Gasteiger partial charge in [-0.25, -0.2) is 9.59 Å². The van der Waals surface area contributed by atoms with Crippen LogP contribution in [-0.2, 0) is 38.2 Å². The summed E-state index contributed by atoms with van der Waals surface area (Å²) in [4.78, 5) is 93.2. The molecule has 2 aliphatic heterocycles. The highest BCUT2D eigenvalue weighted by atomic mass is 16.6. The third kappa shape index (κ3) is 12.6. The maximum absolute atomic E-state index is 13.6. The molecule has 0 bridgehead atoms. The lowest BCUT2D eigenvalue weighted by Gasteiger charge is -2.29. The predicted molar refractivity (Wildman–Crippen MR) is 183 cm³/mol. The predicted octanol–water partition coefficient (Wildman–Crippen LogP) is 2.62. The number of fused-ring (bicyclic) bond motifs is 1. The topological polar surface area (TPSA) is 189 Å². The van der Waals surface area contributed by atoms with E-state index in [9.17, 15) is 33.6 Å². The van der Waals surface area contributed by atoms with E-state index in [1.807, 2.05) is 26.0 Å². The van der Waals surface area contributed by atoms with E-state index in [4.69, 9.17) is 9.47 Å². The van der Waals surface area contributed by atoms with E-state index < -0.39 is 77.8 Å². The Balaban J connectivity index is 1.68. The Morgan fingerprint density at radius 1 is 0.960 bits per heavy atom. The lowest BCUT2D eigenvalue weighted by Crippen LogP contribution is -2.56. The summed E-state index contributed by atoms with van der Waals surface area (Å²) in [5.74, 6) is -4.36. The van der Waals surface area contributed by atoms with Crippen molar-refractivity contribution in [1.29, 1.82) is 0 Å². The number of allylic oxidation sites excluding steroid dienone is 2. The lowest BCUT2D eigenvalue weighted by molar-refractivity contribution is -0.158. The number of carbonyl (C=O) groups is 7. The Hall–Kier alpha value is -4.75. The molecule has 0 aromatic heterocycles. The van der Waals surface area contributed by atoms with Gasteiger partial charge in [-0.15, -0.1) is 0 Å². The van der Waals surface area contributed by atoms with Crippen molar-refractivity contribution >= 4 is 41.5 Å². The summed E-state index contributed by atoms with van der Waals surface area (Å²) in [6, 6.07) is 4.30. The Morgan fingerprint density at radius 3 is 2.34 bits per heavy atom. The number of ether oxygens (including phenoxy) is 2. The Morgan fingerprint density at radius 2 is 1.66 bits per heavy atom. The normalized spacial score (nSPS) is 20.8. The fourth-order valence-corrected chi connectivity index (χ4v) is 5.56. The summed E-state index contributed by atoms with van der Waals surface area (Å²) in [5.41, 5.74) is -0.342. The first-order valence-electron chi connectivity index (χ1n) is 17.2. The molecule has 50 heavy (non-hydrogen) atoms. The van der Waals surface area contributed by atoms with Gasteiger partial charge in [-0.05, 0) is 77.2 Å². The van der Waals surface area contributed by atoms with E-state index in [2.05, 4.69) is 21.3 Å². The maximum Gasteiger partial charge on any atom is 0.407 e. The van der Waals surface area contributed by atoms with Crippen molar-refractivity contribution in [2.45, 2.75) is 109 Å². The monoisotopic (exact) mass is 697 g/mol. The van der Waals surface area contributed by atoms with Crippen LogP contribution in [0.1, 0.15) is 91.2 Å². The van der Waals surface area contributed by atoms with Gasteiger partial charge in [0.15, 0.2) is 6.04 Å². The Kier molecular flexibility index (Phi) is 15.0. The fraction of sp³-hybridized carbons (Fsp3) is 0.583. The first-order chi connectivity index (χ1) is 23.7. The number of carbonyl (C=O) groups excluding carboxylic acids is 7. The zero-order chi connectivity index (χ0) is 36.8. The molecule has 0 radical (unpaired) electrons. The highest BCUT2D eigenvalue weighted by molar-refractivity contribution is 6.38. The largest absolute Gasteiger partial charge is 0.458 e. The van der Waals surface area contributed by atoms with E-state index in [0.29, 0.717) is 44.1 Å². The van der Waals surface area contributed by atoms with Crippen molar-refractivity contribution in [3.05, 3.63) is 48.0 Å². The van der Waals surface area contributed by atoms with Gasteiger partial charge in [-0.3, -0.25) is 24.0 Å². The fourth-order valence-electron chi connectivity index (χ4n) is 5.56. The number of ketones is 1. The zero-order valence-electron chi connectivity index (χ0n) is 29.6. The van der Waals surface area contributed by atoms with Crippen LogP contribution >= 0.6 is 0 Å². The van der Waals surface area contributed by atoms with Crippen LogP contribution < -0.4 is 21.3 Å². The van der Waals surface area contributed by atoms with Gasteiger partial charge in [0.05, 0.1) is 19.2 Å². The second-order valence-electron chi connectivity index (χ2n) is 13.9. The number of nitrogens with zero attached hydrogens (tertiary/aromatic N) is 1. The SMILES string of the molecule is CC(C)COC(=O)N[C@H]1CCC=CCCCC(C(=O)C(=O)NCC(=O)N[C@H](C(=O)OC(C)(C)C)c2ccccc2)NC(=O)[C@@H]2CCCN2C1=O. The molecular weight excluding hydrogens is 646 g/mol. The van der Waals surface area contributed by atoms with E-state index >= 15 is 0 Å². The number of nitrogens with one attached hydrogen (secondary N) is 4. The number of rotatable bonds is 10. The van der Waals surface area contributed by atoms with Crippen LogP contribution in [0.5, 0.6) is 0 Å². The summed E-state index contributed by atoms with van der Waals surface area (Å²) in [5, 5.41) is 10.2. The second kappa shape index (κ2) is 18.9. The number of benzene rings is 1. The molecule has 0 spiro atoms. The molecule has 1 unspecified atom stereocenters. The van der Waals surface area contributed by atoms with E-state index in [-0.39, 0.29) is 25.5 Å². The molecule has 274 valence electrons. The van der Waals surface area contributed by atoms with Gasteiger partial charge >= 0.3 is 12.1 Å². The molecule has 4 atom stereocenters. The molecule has 0 saturated carbocycles. The minimum absolute atomic E-state index is 0.112. The Bertz CT molecular complexity index is 1410. The number of alkyl carbamates (subject to hydrolysis) is 1. The average molecular weight is 698 g/mol. The van der Waals surface area contributed by atoms with Crippen molar-refractivity contribution in [3.8, 4) is 0 Å². The quantitative estimate of drug-likeness (QED) is 0.162. The number of esters is 1. The van der Waals surface area contributed by atoms with Crippen LogP contribution in [-0.4, -0.2) is 89.8 Å². The van der Waals surface area contributed by atoms with Crippen molar-refractivity contribution < 1.29 is 43.0 Å². The van der Waals surface area contributed by atoms with Crippen LogP contribution in [0.4, 0.5) is 4.79 Å². The molecule has 14 nitrogen and oxygen atoms in total. The molecule has 4 N–H and O–H groups in total. The molecule has 2 aliphatic rings. The minimum Gasteiger partial charge on any atom is -0.458 e. The molecule has 1 aromatic rings. The first-order valence-corrected chi connectivity index (χ1v) is 17.2. The smallest absolute Gasteiger partial charge is 0.407 e. The summed E-state index contributed by atoms with van der Waals surface area (Å²) in [7, 11) is 0. The van der Waals surface area contributed by atoms with Crippen molar-refractivity contribution in [1.82, 2.24) is 26.2 Å². The molecule has 2 heterocycles. The molecule has 1 aromatic carbocycles. The number of Topliss-reactive ketones (excluding diaryl/α,β-unsaturated/α-hetero) is 1. The van der Waals surface area contributed by atoms with Gasteiger partial charge in [-0.1, -0.05) is 56.3 Å². The van der Waals surface area contributed by atoms with Crippen LogP contribution in [0.15, 0.2) is 42.5 Å². The molecule has 0 aliphatic carbocycles. The summed E-state index contributed by atoms with van der Waals surface area (Å²) in [6.45, 7) is 8.75. The standard InChI is InChI=1S/C36H51N5O9/c1-23(2)22-49-35(48)39-26-18-13-8-6-7-12-17-25(38-31(44)27-19-14-20-41(27)33(26)46)30(43)32(45)37-21-28(42)40-29(24-15-10-9-11-16-24)34(47)50-36(3,4)5/h6,8-11,15-16,23,25-27,29H,7,12-14,17-22H2,1-5H3,(H,37,45)(H,38,44)(H,39,48)(H,40,42)/t25?,26-,27-,29-/m0/s1. The summed E-state index contributed by atoms with van der Waals surface area (Å²) >= 11 is 0. The Labute approximate surface area is 293 Å². The van der Waals surface area contributed by atoms with E-state index in [0.717, 1.165) is 0 Å². The highest BCUT2D eigenvalue weighted by Crippen LogP contribution is 2.22. The molecule has 5 amide bonds. The van der Waals surface area contributed by atoms with Gasteiger partial charge in [0.2, 0.25) is 23.5 Å². The number of hydrogen-bond acceptors (Lipinski definition) is 9. The van der Waals surface area contributed by atoms with Crippen molar-refractivity contribution in [2.75, 3.05) is 19.7 Å². The van der Waals surface area contributed by atoms with Crippen LogP contribution in [0.2, 0.25) is 0 Å². The molecular formula is C36H51N5O9. The highest BCUT2D eigenvalue weighted by Gasteiger charge is 2.39. The molecule has 1 saturated heterocycles. The zero-order valence-corrected chi connectivity index (χ0v) is 29.6. The molecule has 3 rings (SSSR count). The van der Waals surface area contributed by atoms with Gasteiger partial charge in [0, 0.05) is 6.54 Å². The third-order valence-corrected chi connectivity index (χ3v) is 7.98.